The summed E-state index contributed by atoms with van der Waals surface area (Å²) in [6.07, 6.45) is 7.31. The van der Waals surface area contributed by atoms with E-state index in [2.05, 4.69) is 32.9 Å². The highest BCUT2D eigenvalue weighted by molar-refractivity contribution is 5.48. The van der Waals surface area contributed by atoms with Gasteiger partial charge in [-0.05, 0) is 32.0 Å². The zero-order valence-electron chi connectivity index (χ0n) is 10.3. The van der Waals surface area contributed by atoms with Crippen molar-refractivity contribution < 1.29 is 0 Å². The van der Waals surface area contributed by atoms with Crippen LogP contribution in [0.4, 0.5) is 0 Å². The average Bonchev–Trinajstić information content (AvgIpc) is 2.98. The van der Waals surface area contributed by atoms with Crippen LogP contribution in [0, 0.1) is 0 Å². The summed E-state index contributed by atoms with van der Waals surface area (Å²) in [5.74, 6) is 1.93. The maximum absolute atomic E-state index is 4.66. The van der Waals surface area contributed by atoms with E-state index in [0.717, 1.165) is 6.54 Å². The van der Waals surface area contributed by atoms with Crippen LogP contribution in [0.5, 0.6) is 0 Å². The van der Waals surface area contributed by atoms with Crippen molar-refractivity contribution in [3.63, 3.8) is 0 Å². The van der Waals surface area contributed by atoms with Gasteiger partial charge in [0.25, 0.3) is 0 Å². The van der Waals surface area contributed by atoms with Crippen molar-refractivity contribution in [3.8, 4) is 0 Å². The summed E-state index contributed by atoms with van der Waals surface area (Å²) in [6, 6.07) is 6.44. The van der Waals surface area contributed by atoms with Crippen molar-refractivity contribution in [2.24, 2.45) is 0 Å². The molecular weight excluding hydrogens is 210 g/mol. The van der Waals surface area contributed by atoms with Crippen LogP contribution in [0.1, 0.15) is 43.1 Å². The summed E-state index contributed by atoms with van der Waals surface area (Å²) < 4.78 is 2.34. The van der Waals surface area contributed by atoms with Crippen LogP contribution in [0.25, 0.3) is 5.52 Å². The normalized spacial score (nSPS) is 17.0. The summed E-state index contributed by atoms with van der Waals surface area (Å²) in [4.78, 5) is 4.66. The summed E-state index contributed by atoms with van der Waals surface area (Å²) >= 11 is 0. The van der Waals surface area contributed by atoms with E-state index in [0.29, 0.717) is 5.92 Å². The number of pyridine rings is 1. The second-order valence-corrected chi connectivity index (χ2v) is 4.91. The molecule has 0 spiro atoms. The zero-order chi connectivity index (χ0) is 11.7. The van der Waals surface area contributed by atoms with E-state index in [1.165, 1.54) is 42.7 Å². The Morgan fingerprint density at radius 3 is 2.94 bits per heavy atom. The first-order chi connectivity index (χ1) is 8.40. The van der Waals surface area contributed by atoms with Gasteiger partial charge in [0.05, 0.1) is 11.7 Å². The maximum atomic E-state index is 4.66. The Morgan fingerprint density at radius 1 is 1.35 bits per heavy atom. The van der Waals surface area contributed by atoms with Gasteiger partial charge >= 0.3 is 0 Å². The molecule has 3 heteroatoms. The van der Waals surface area contributed by atoms with Gasteiger partial charge in [-0.2, -0.15) is 0 Å². The first-order valence-electron chi connectivity index (χ1n) is 6.50. The SMILES string of the molecule is CNCc1cccc2cnc(C3CCCC3)n12. The molecule has 0 radical (unpaired) electrons. The molecule has 2 heterocycles. The Balaban J connectivity index is 2.11. The predicted octanol–water partition coefficient (Wildman–Crippen LogP) is 2.71. The van der Waals surface area contributed by atoms with Crippen LogP contribution in [0.3, 0.4) is 0 Å². The monoisotopic (exact) mass is 229 g/mol. The van der Waals surface area contributed by atoms with Crippen LogP contribution in [-0.2, 0) is 6.54 Å². The molecule has 0 bridgehead atoms. The van der Waals surface area contributed by atoms with E-state index in [1.54, 1.807) is 0 Å². The summed E-state index contributed by atoms with van der Waals surface area (Å²) in [5.41, 5.74) is 2.53. The molecule has 0 aromatic carbocycles. The van der Waals surface area contributed by atoms with Gasteiger partial charge in [0.15, 0.2) is 0 Å². The van der Waals surface area contributed by atoms with Gasteiger partial charge < -0.3 is 5.32 Å². The summed E-state index contributed by atoms with van der Waals surface area (Å²) in [7, 11) is 1.99. The van der Waals surface area contributed by atoms with Gasteiger partial charge in [-0.15, -0.1) is 0 Å². The molecular formula is C14H19N3. The van der Waals surface area contributed by atoms with Gasteiger partial charge in [0, 0.05) is 18.2 Å². The first-order valence-corrected chi connectivity index (χ1v) is 6.50. The molecule has 1 fully saturated rings. The van der Waals surface area contributed by atoms with Crippen molar-refractivity contribution in [3.05, 3.63) is 35.9 Å². The molecule has 0 amide bonds. The first kappa shape index (κ1) is 10.8. The number of hydrogen-bond donors (Lipinski definition) is 1. The minimum absolute atomic E-state index is 0.663. The Kier molecular flexibility index (Phi) is 2.85. The average molecular weight is 229 g/mol. The molecule has 3 rings (SSSR count). The fraction of sp³-hybridized carbons (Fsp3) is 0.500. The smallest absolute Gasteiger partial charge is 0.116 e. The molecule has 0 atom stereocenters. The molecule has 1 saturated carbocycles. The van der Waals surface area contributed by atoms with Crippen molar-refractivity contribution >= 4 is 5.52 Å². The summed E-state index contributed by atoms with van der Waals surface area (Å²) in [5, 5.41) is 3.24. The molecule has 1 aliphatic rings. The lowest BCUT2D eigenvalue weighted by Crippen LogP contribution is -2.12. The fourth-order valence-electron chi connectivity index (χ4n) is 2.93. The van der Waals surface area contributed by atoms with Gasteiger partial charge in [-0.1, -0.05) is 18.9 Å². The second kappa shape index (κ2) is 4.49. The minimum Gasteiger partial charge on any atom is -0.314 e. The second-order valence-electron chi connectivity index (χ2n) is 4.91. The quantitative estimate of drug-likeness (QED) is 0.877. The van der Waals surface area contributed by atoms with Crippen molar-refractivity contribution in [1.82, 2.24) is 14.7 Å². The van der Waals surface area contributed by atoms with Gasteiger partial charge in [-0.25, -0.2) is 4.98 Å². The van der Waals surface area contributed by atoms with Crippen LogP contribution in [-0.4, -0.2) is 16.4 Å². The standard InChI is InChI=1S/C14H19N3/c1-15-9-12-7-4-8-13-10-16-14(17(12)13)11-5-2-3-6-11/h4,7-8,10-11,15H,2-3,5-6,9H2,1H3. The van der Waals surface area contributed by atoms with E-state index < -0.39 is 0 Å². The zero-order valence-corrected chi connectivity index (χ0v) is 10.3. The molecule has 1 aliphatic carbocycles. The van der Waals surface area contributed by atoms with Crippen LogP contribution in [0.2, 0.25) is 0 Å². The molecule has 0 aliphatic heterocycles. The van der Waals surface area contributed by atoms with E-state index >= 15 is 0 Å². The number of imidazole rings is 1. The number of hydrogen-bond acceptors (Lipinski definition) is 2. The van der Waals surface area contributed by atoms with Gasteiger partial charge in [0.1, 0.15) is 5.82 Å². The maximum Gasteiger partial charge on any atom is 0.116 e. The van der Waals surface area contributed by atoms with Crippen LogP contribution in [0.15, 0.2) is 24.4 Å². The Morgan fingerprint density at radius 2 is 2.18 bits per heavy atom. The van der Waals surface area contributed by atoms with Crippen molar-refractivity contribution in [2.45, 2.75) is 38.1 Å². The van der Waals surface area contributed by atoms with Gasteiger partial charge in [0.2, 0.25) is 0 Å². The van der Waals surface area contributed by atoms with E-state index in [9.17, 15) is 0 Å². The van der Waals surface area contributed by atoms with E-state index in [4.69, 9.17) is 0 Å². The molecule has 3 nitrogen and oxygen atoms in total. The molecule has 0 saturated heterocycles. The highest BCUT2D eigenvalue weighted by Crippen LogP contribution is 2.33. The number of fused-ring (bicyclic) bond motifs is 1. The van der Waals surface area contributed by atoms with Gasteiger partial charge in [-0.3, -0.25) is 4.40 Å². The third kappa shape index (κ3) is 1.84. The molecule has 90 valence electrons. The molecule has 1 N–H and O–H groups in total. The molecule has 0 unspecified atom stereocenters. The largest absolute Gasteiger partial charge is 0.314 e. The third-order valence-corrected chi connectivity index (χ3v) is 3.74. The minimum atomic E-state index is 0.663. The Hall–Kier alpha value is -1.35. The van der Waals surface area contributed by atoms with Crippen LogP contribution < -0.4 is 5.32 Å². The number of rotatable bonds is 3. The Labute approximate surface area is 102 Å². The highest BCUT2D eigenvalue weighted by Gasteiger charge is 2.21. The molecule has 17 heavy (non-hydrogen) atoms. The number of nitrogens with one attached hydrogen (secondary N) is 1. The number of aromatic nitrogens is 2. The van der Waals surface area contributed by atoms with Crippen LogP contribution >= 0.6 is 0 Å². The fourth-order valence-corrected chi connectivity index (χ4v) is 2.93. The lowest BCUT2D eigenvalue weighted by Gasteiger charge is -2.12. The lowest BCUT2D eigenvalue weighted by molar-refractivity contribution is 0.650. The molecule has 2 aromatic heterocycles. The van der Waals surface area contributed by atoms with Crippen molar-refractivity contribution in [2.75, 3.05) is 7.05 Å². The topological polar surface area (TPSA) is 29.3 Å². The molecule has 2 aromatic rings. The highest BCUT2D eigenvalue weighted by atomic mass is 15.0. The van der Waals surface area contributed by atoms with E-state index in [-0.39, 0.29) is 0 Å². The van der Waals surface area contributed by atoms with Crippen molar-refractivity contribution in [1.29, 1.82) is 0 Å². The predicted molar refractivity (Wildman–Crippen MR) is 69.2 cm³/mol. The van der Waals surface area contributed by atoms with E-state index in [1.807, 2.05) is 13.2 Å². The Bertz CT molecular complexity index is 509. The summed E-state index contributed by atoms with van der Waals surface area (Å²) in [6.45, 7) is 0.896. The number of nitrogens with zero attached hydrogens (tertiary/aromatic N) is 2. The lowest BCUT2D eigenvalue weighted by atomic mass is 10.1. The third-order valence-electron chi connectivity index (χ3n) is 3.74.